The summed E-state index contributed by atoms with van der Waals surface area (Å²) in [6.45, 7) is 5.75. The van der Waals surface area contributed by atoms with Crippen molar-refractivity contribution in [2.75, 3.05) is 11.4 Å². The molecule has 10 nitrogen and oxygen atoms in total. The fraction of sp³-hybridized carbons (Fsp3) is 0.654. The summed E-state index contributed by atoms with van der Waals surface area (Å²) < 4.78 is 5.38. The van der Waals surface area contributed by atoms with Crippen LogP contribution in [-0.4, -0.2) is 74.5 Å². The smallest absolute Gasteiger partial charge is 0.408 e. The highest BCUT2D eigenvalue weighted by Crippen LogP contribution is 2.49. The first-order chi connectivity index (χ1) is 17.1. The van der Waals surface area contributed by atoms with Gasteiger partial charge in [0.05, 0.1) is 24.0 Å². The van der Waals surface area contributed by atoms with Gasteiger partial charge in [0, 0.05) is 12.2 Å². The number of anilines is 1. The Labute approximate surface area is 211 Å². The van der Waals surface area contributed by atoms with Crippen molar-refractivity contribution >= 4 is 29.6 Å². The minimum atomic E-state index is -0.757. The summed E-state index contributed by atoms with van der Waals surface area (Å²) in [4.78, 5) is 62.5. The van der Waals surface area contributed by atoms with E-state index < -0.39 is 29.3 Å². The summed E-state index contributed by atoms with van der Waals surface area (Å²) in [6, 6.07) is 1.69. The lowest BCUT2D eigenvalue weighted by Gasteiger charge is -2.36. The number of aromatic nitrogens is 1. The van der Waals surface area contributed by atoms with E-state index in [1.54, 1.807) is 49.0 Å². The highest BCUT2D eigenvalue weighted by Gasteiger charge is 2.62. The largest absolute Gasteiger partial charge is 0.444 e. The quantitative estimate of drug-likeness (QED) is 0.686. The van der Waals surface area contributed by atoms with E-state index in [0.29, 0.717) is 31.5 Å². The van der Waals surface area contributed by atoms with E-state index in [1.165, 1.54) is 4.90 Å². The number of nitrogens with one attached hydrogen (secondary N) is 1. The van der Waals surface area contributed by atoms with Crippen molar-refractivity contribution in [1.29, 1.82) is 0 Å². The zero-order valence-corrected chi connectivity index (χ0v) is 21.2. The summed E-state index contributed by atoms with van der Waals surface area (Å²) in [7, 11) is 0. The van der Waals surface area contributed by atoms with Crippen molar-refractivity contribution in [1.82, 2.24) is 20.1 Å². The van der Waals surface area contributed by atoms with Crippen LogP contribution in [-0.2, 0) is 14.3 Å². The molecule has 1 spiro atoms. The Bertz CT molecular complexity index is 1050. The van der Waals surface area contributed by atoms with Gasteiger partial charge in [-0.3, -0.25) is 24.4 Å². The molecule has 1 aromatic heterocycles. The first-order valence-corrected chi connectivity index (χ1v) is 13.0. The fourth-order valence-electron chi connectivity index (χ4n) is 5.83. The van der Waals surface area contributed by atoms with Gasteiger partial charge in [-0.2, -0.15) is 0 Å². The molecule has 0 unspecified atom stereocenters. The van der Waals surface area contributed by atoms with Gasteiger partial charge in [0.2, 0.25) is 5.91 Å². The molecular formula is C26H35N5O5. The molecule has 0 aromatic carbocycles. The maximum absolute atomic E-state index is 14.0. The molecular weight excluding hydrogens is 462 g/mol. The molecule has 3 atom stereocenters. The number of imide groups is 1. The van der Waals surface area contributed by atoms with Gasteiger partial charge in [0.1, 0.15) is 17.7 Å². The molecule has 1 N–H and O–H groups in total. The molecule has 5 rings (SSSR count). The van der Waals surface area contributed by atoms with Crippen LogP contribution in [0.15, 0.2) is 24.5 Å². The number of pyridine rings is 1. The Morgan fingerprint density at radius 3 is 2.53 bits per heavy atom. The second-order valence-corrected chi connectivity index (χ2v) is 11.5. The van der Waals surface area contributed by atoms with Crippen LogP contribution in [0.2, 0.25) is 0 Å². The third kappa shape index (κ3) is 4.53. The van der Waals surface area contributed by atoms with Crippen molar-refractivity contribution in [2.45, 2.75) is 101 Å². The zero-order valence-electron chi connectivity index (χ0n) is 21.2. The number of hydrogen-bond acceptors (Lipinski definition) is 6. The molecule has 1 aromatic rings. The third-order valence-electron chi connectivity index (χ3n) is 7.67. The van der Waals surface area contributed by atoms with Gasteiger partial charge in [0.15, 0.2) is 0 Å². The second-order valence-electron chi connectivity index (χ2n) is 11.5. The van der Waals surface area contributed by atoms with E-state index >= 15 is 0 Å². The van der Waals surface area contributed by atoms with Gasteiger partial charge in [-0.25, -0.2) is 9.59 Å². The van der Waals surface area contributed by atoms with Crippen molar-refractivity contribution in [3.05, 3.63) is 24.5 Å². The van der Waals surface area contributed by atoms with Crippen LogP contribution in [0.25, 0.3) is 0 Å². The number of urea groups is 1. The van der Waals surface area contributed by atoms with Crippen LogP contribution in [0.1, 0.15) is 72.1 Å². The van der Waals surface area contributed by atoms with Crippen LogP contribution in [0.4, 0.5) is 15.3 Å². The maximum atomic E-state index is 14.0. The summed E-state index contributed by atoms with van der Waals surface area (Å²) in [5.41, 5.74) is -0.530. The van der Waals surface area contributed by atoms with E-state index in [9.17, 15) is 19.2 Å². The Morgan fingerprint density at radius 1 is 1.11 bits per heavy atom. The van der Waals surface area contributed by atoms with Crippen LogP contribution >= 0.6 is 0 Å². The summed E-state index contributed by atoms with van der Waals surface area (Å²) in [5.74, 6) is -0.571. The van der Waals surface area contributed by atoms with Gasteiger partial charge in [-0.05, 0) is 71.4 Å². The Morgan fingerprint density at radius 2 is 1.86 bits per heavy atom. The van der Waals surface area contributed by atoms with Crippen LogP contribution in [0, 0.1) is 0 Å². The summed E-state index contributed by atoms with van der Waals surface area (Å²) in [5, 5.41) is 2.74. The normalized spacial score (nSPS) is 27.5. The molecule has 194 valence electrons. The first kappa shape index (κ1) is 24.5. The molecule has 1 saturated carbocycles. The molecule has 0 radical (unpaired) electrons. The molecule has 4 heterocycles. The lowest BCUT2D eigenvalue weighted by atomic mass is 9.99. The number of ether oxygens (including phenoxy) is 1. The maximum Gasteiger partial charge on any atom is 0.408 e. The number of carbonyl (C=O) groups excluding carboxylic acids is 4. The molecule has 3 aliphatic heterocycles. The van der Waals surface area contributed by atoms with E-state index in [2.05, 4.69) is 10.3 Å². The molecule has 10 heteroatoms. The predicted molar refractivity (Wildman–Crippen MR) is 131 cm³/mol. The number of fused-ring (bicyclic) bond motifs is 1. The highest BCUT2D eigenvalue weighted by molar-refractivity contribution is 6.08. The van der Waals surface area contributed by atoms with Gasteiger partial charge in [0.25, 0.3) is 5.91 Å². The zero-order chi connectivity index (χ0) is 25.7. The number of nitrogens with zero attached hydrogens (tertiary/aromatic N) is 4. The molecule has 4 fully saturated rings. The van der Waals surface area contributed by atoms with Gasteiger partial charge >= 0.3 is 12.1 Å². The topological polar surface area (TPSA) is 112 Å². The fourth-order valence-corrected chi connectivity index (χ4v) is 5.83. The lowest BCUT2D eigenvalue weighted by Crippen LogP contribution is -2.58. The SMILES string of the molecule is CC(C)(C)OC(=O)N[C@H]1CCCC[C@H]2CC[C@@H](C(=O)N3C(=O)N(c4cccnc4)CC34CC4)N2C1=O. The van der Waals surface area contributed by atoms with Crippen molar-refractivity contribution in [3.8, 4) is 0 Å². The molecule has 36 heavy (non-hydrogen) atoms. The van der Waals surface area contributed by atoms with E-state index in [1.807, 2.05) is 6.07 Å². The van der Waals surface area contributed by atoms with Crippen molar-refractivity contribution in [2.24, 2.45) is 0 Å². The van der Waals surface area contributed by atoms with Crippen LogP contribution < -0.4 is 10.2 Å². The first-order valence-electron chi connectivity index (χ1n) is 13.0. The molecule has 1 aliphatic carbocycles. The summed E-state index contributed by atoms with van der Waals surface area (Å²) >= 11 is 0. The minimum Gasteiger partial charge on any atom is -0.444 e. The van der Waals surface area contributed by atoms with Crippen molar-refractivity contribution in [3.63, 3.8) is 0 Å². The van der Waals surface area contributed by atoms with Crippen LogP contribution in [0.3, 0.4) is 0 Å². The van der Waals surface area contributed by atoms with Crippen LogP contribution in [0.5, 0.6) is 0 Å². The molecule has 5 amide bonds. The standard InChI is InChI=1S/C26H35N5O5/c1-25(2,3)36-23(34)28-19-9-5-4-7-17-10-11-20(30(17)21(19)32)22(33)31-24(35)29(16-26(31)12-13-26)18-8-6-14-27-15-18/h6,8,14-15,17,19-20H,4-5,7,9-13,16H2,1-3H3,(H,28,34)/t17-,19-,20-/m0/s1. The Hall–Kier alpha value is -3.17. The van der Waals surface area contributed by atoms with E-state index in [-0.39, 0.29) is 23.9 Å². The van der Waals surface area contributed by atoms with Gasteiger partial charge in [-0.15, -0.1) is 0 Å². The highest BCUT2D eigenvalue weighted by atomic mass is 16.6. The number of carbonyl (C=O) groups is 4. The molecule has 0 bridgehead atoms. The van der Waals surface area contributed by atoms with Gasteiger partial charge in [-0.1, -0.05) is 12.8 Å². The third-order valence-corrected chi connectivity index (χ3v) is 7.67. The number of amides is 5. The summed E-state index contributed by atoms with van der Waals surface area (Å²) in [6.07, 6.45) is 8.40. The Kier molecular flexibility index (Phi) is 6.16. The molecule has 4 aliphatic rings. The number of rotatable bonds is 3. The monoisotopic (exact) mass is 497 g/mol. The predicted octanol–water partition coefficient (Wildman–Crippen LogP) is 3.21. The molecule has 3 saturated heterocycles. The number of hydrogen-bond donors (Lipinski definition) is 1. The minimum absolute atomic E-state index is 0.0722. The van der Waals surface area contributed by atoms with Gasteiger partial charge < -0.3 is 15.0 Å². The Balaban J connectivity index is 1.37. The average molecular weight is 498 g/mol. The van der Waals surface area contributed by atoms with E-state index in [0.717, 1.165) is 32.1 Å². The van der Waals surface area contributed by atoms with E-state index in [4.69, 9.17) is 4.74 Å². The number of alkyl carbamates (subject to hydrolysis) is 1. The average Bonchev–Trinajstić information content (AvgIpc) is 3.36. The lowest BCUT2D eigenvalue weighted by molar-refractivity contribution is -0.146. The van der Waals surface area contributed by atoms with Crippen molar-refractivity contribution < 1.29 is 23.9 Å². The second kappa shape index (κ2) is 9.05.